The van der Waals surface area contributed by atoms with Gasteiger partial charge in [0.05, 0.1) is 6.10 Å². The summed E-state index contributed by atoms with van der Waals surface area (Å²) in [6, 6.07) is 0. The molecule has 3 nitrogen and oxygen atoms in total. The van der Waals surface area contributed by atoms with Gasteiger partial charge in [-0.2, -0.15) is 0 Å². The second-order valence-electron chi connectivity index (χ2n) is 3.93. The molecule has 0 aliphatic carbocycles. The highest BCUT2D eigenvalue weighted by Crippen LogP contribution is 2.13. The van der Waals surface area contributed by atoms with E-state index < -0.39 is 0 Å². The fraction of sp³-hybridized carbons (Fsp3) is 0.923. The van der Waals surface area contributed by atoms with E-state index in [0.29, 0.717) is 6.10 Å². The maximum Gasteiger partial charge on any atom is 0.219 e. The third-order valence-corrected chi connectivity index (χ3v) is 2.74. The summed E-state index contributed by atoms with van der Waals surface area (Å²) in [6.45, 7) is 10.4. The molecule has 1 rings (SSSR count). The maximum atomic E-state index is 11.1. The molecule has 3 heteroatoms. The highest BCUT2D eigenvalue weighted by Gasteiger charge is 2.20. The number of unbranched alkanes of at least 4 members (excludes halogenated alkanes) is 1. The number of rotatable bonds is 4. The molecule has 1 aliphatic heterocycles. The summed E-state index contributed by atoms with van der Waals surface area (Å²) in [4.78, 5) is 13.0. The van der Waals surface area contributed by atoms with Crippen molar-refractivity contribution in [2.75, 3.05) is 19.7 Å². The molecular formula is C13H27NO2. The van der Waals surface area contributed by atoms with Crippen LogP contribution in [0.4, 0.5) is 0 Å². The van der Waals surface area contributed by atoms with Crippen molar-refractivity contribution in [2.24, 2.45) is 0 Å². The summed E-state index contributed by atoms with van der Waals surface area (Å²) in [7, 11) is 0. The smallest absolute Gasteiger partial charge is 0.219 e. The normalized spacial score (nSPS) is 16.6. The van der Waals surface area contributed by atoms with Crippen LogP contribution in [0.1, 0.15) is 53.4 Å². The van der Waals surface area contributed by atoms with E-state index in [0.717, 1.165) is 39.0 Å². The van der Waals surface area contributed by atoms with Crippen LogP contribution in [0, 0.1) is 0 Å². The van der Waals surface area contributed by atoms with Crippen molar-refractivity contribution in [2.45, 2.75) is 59.5 Å². The number of piperidine rings is 1. The first kappa shape index (κ1) is 15.4. The Balaban J connectivity index is 0.00000106. The Kier molecular flexibility index (Phi) is 9.30. The van der Waals surface area contributed by atoms with Crippen molar-refractivity contribution in [3.05, 3.63) is 0 Å². The molecular weight excluding hydrogens is 202 g/mol. The lowest BCUT2D eigenvalue weighted by Crippen LogP contribution is -2.39. The standard InChI is InChI=1S/C11H21NO2.C2H6/c1-3-4-9-14-11-5-7-12(8-6-11)10(2)13;1-2/h11H,3-9H2,1-2H3;1-2H3. The quantitative estimate of drug-likeness (QED) is 0.694. The van der Waals surface area contributed by atoms with Crippen LogP contribution in [0.3, 0.4) is 0 Å². The molecule has 1 heterocycles. The number of carbonyl (C=O) groups excluding carboxylic acids is 1. The summed E-state index contributed by atoms with van der Waals surface area (Å²) in [5, 5.41) is 0. The number of ether oxygens (including phenoxy) is 1. The number of amides is 1. The molecule has 0 aromatic carbocycles. The van der Waals surface area contributed by atoms with E-state index in [4.69, 9.17) is 4.74 Å². The van der Waals surface area contributed by atoms with Crippen LogP contribution < -0.4 is 0 Å². The zero-order valence-corrected chi connectivity index (χ0v) is 11.3. The van der Waals surface area contributed by atoms with E-state index in [2.05, 4.69) is 6.92 Å². The number of hydrogen-bond acceptors (Lipinski definition) is 2. The van der Waals surface area contributed by atoms with Gasteiger partial charge < -0.3 is 9.64 Å². The predicted molar refractivity (Wildman–Crippen MR) is 67.5 cm³/mol. The van der Waals surface area contributed by atoms with E-state index in [1.165, 1.54) is 6.42 Å². The first-order valence-electron chi connectivity index (χ1n) is 6.61. The van der Waals surface area contributed by atoms with Gasteiger partial charge in [0.2, 0.25) is 5.91 Å². The molecule has 1 amide bonds. The number of nitrogens with zero attached hydrogens (tertiary/aromatic N) is 1. The third kappa shape index (κ3) is 6.11. The maximum absolute atomic E-state index is 11.1. The second-order valence-corrected chi connectivity index (χ2v) is 3.93. The minimum atomic E-state index is 0.192. The topological polar surface area (TPSA) is 29.5 Å². The molecule has 0 aromatic heterocycles. The first-order valence-corrected chi connectivity index (χ1v) is 6.61. The summed E-state index contributed by atoms with van der Waals surface area (Å²) in [5.41, 5.74) is 0. The highest BCUT2D eigenvalue weighted by atomic mass is 16.5. The van der Waals surface area contributed by atoms with Crippen LogP contribution in [-0.4, -0.2) is 36.6 Å². The molecule has 0 saturated carbocycles. The zero-order valence-electron chi connectivity index (χ0n) is 11.3. The summed E-state index contributed by atoms with van der Waals surface area (Å²) < 4.78 is 5.71. The van der Waals surface area contributed by atoms with Gasteiger partial charge in [-0.05, 0) is 19.3 Å². The molecule has 0 N–H and O–H groups in total. The molecule has 0 aromatic rings. The summed E-state index contributed by atoms with van der Waals surface area (Å²) >= 11 is 0. The molecule has 1 saturated heterocycles. The number of carbonyl (C=O) groups is 1. The Labute approximate surface area is 100 Å². The van der Waals surface area contributed by atoms with Gasteiger partial charge in [-0.1, -0.05) is 27.2 Å². The zero-order chi connectivity index (χ0) is 12.4. The van der Waals surface area contributed by atoms with Crippen molar-refractivity contribution in [1.29, 1.82) is 0 Å². The highest BCUT2D eigenvalue weighted by molar-refractivity contribution is 5.73. The van der Waals surface area contributed by atoms with Gasteiger partial charge in [0.15, 0.2) is 0 Å². The van der Waals surface area contributed by atoms with Crippen molar-refractivity contribution in [3.8, 4) is 0 Å². The minimum absolute atomic E-state index is 0.192. The lowest BCUT2D eigenvalue weighted by atomic mass is 10.1. The summed E-state index contributed by atoms with van der Waals surface area (Å²) in [5.74, 6) is 0.192. The fourth-order valence-electron chi connectivity index (χ4n) is 1.73. The average molecular weight is 229 g/mol. The van der Waals surface area contributed by atoms with Gasteiger partial charge in [0, 0.05) is 26.6 Å². The van der Waals surface area contributed by atoms with Gasteiger partial charge >= 0.3 is 0 Å². The lowest BCUT2D eigenvalue weighted by Gasteiger charge is -2.31. The van der Waals surface area contributed by atoms with Crippen molar-refractivity contribution in [1.82, 2.24) is 4.90 Å². The molecule has 1 aliphatic rings. The van der Waals surface area contributed by atoms with Gasteiger partial charge in [-0.15, -0.1) is 0 Å². The van der Waals surface area contributed by atoms with Gasteiger partial charge in [0.1, 0.15) is 0 Å². The van der Waals surface area contributed by atoms with Crippen LogP contribution in [-0.2, 0) is 9.53 Å². The molecule has 1 fully saturated rings. The minimum Gasteiger partial charge on any atom is -0.378 e. The molecule has 0 bridgehead atoms. The monoisotopic (exact) mass is 229 g/mol. The lowest BCUT2D eigenvalue weighted by molar-refractivity contribution is -0.131. The van der Waals surface area contributed by atoms with Gasteiger partial charge in [0.25, 0.3) is 0 Å². The Morgan fingerprint density at radius 2 is 1.88 bits per heavy atom. The predicted octanol–water partition coefficient (Wildman–Crippen LogP) is 2.84. The fourth-order valence-corrected chi connectivity index (χ4v) is 1.73. The third-order valence-electron chi connectivity index (χ3n) is 2.74. The van der Waals surface area contributed by atoms with E-state index in [1.807, 2.05) is 18.7 Å². The van der Waals surface area contributed by atoms with Crippen LogP contribution in [0.5, 0.6) is 0 Å². The molecule has 0 unspecified atom stereocenters. The van der Waals surface area contributed by atoms with E-state index in [-0.39, 0.29) is 5.91 Å². The van der Waals surface area contributed by atoms with Crippen molar-refractivity contribution < 1.29 is 9.53 Å². The van der Waals surface area contributed by atoms with Crippen LogP contribution >= 0.6 is 0 Å². The SMILES string of the molecule is CC.CCCCOC1CCN(C(C)=O)CC1. The van der Waals surface area contributed by atoms with E-state index in [9.17, 15) is 4.79 Å². The Bertz CT molecular complexity index is 175. The first-order chi connectivity index (χ1) is 7.74. The van der Waals surface area contributed by atoms with Gasteiger partial charge in [-0.3, -0.25) is 4.79 Å². The van der Waals surface area contributed by atoms with Crippen LogP contribution in [0.15, 0.2) is 0 Å². The Morgan fingerprint density at radius 1 is 1.31 bits per heavy atom. The molecule has 96 valence electrons. The van der Waals surface area contributed by atoms with E-state index in [1.54, 1.807) is 6.92 Å². The Morgan fingerprint density at radius 3 is 2.31 bits per heavy atom. The van der Waals surface area contributed by atoms with Crippen molar-refractivity contribution in [3.63, 3.8) is 0 Å². The second kappa shape index (κ2) is 9.64. The number of hydrogen-bond donors (Lipinski definition) is 0. The molecule has 0 spiro atoms. The molecule has 16 heavy (non-hydrogen) atoms. The summed E-state index contributed by atoms with van der Waals surface area (Å²) in [6.07, 6.45) is 4.73. The molecule has 0 atom stereocenters. The van der Waals surface area contributed by atoms with Crippen molar-refractivity contribution >= 4 is 5.91 Å². The molecule has 0 radical (unpaired) electrons. The van der Waals surface area contributed by atoms with Crippen LogP contribution in [0.2, 0.25) is 0 Å². The largest absolute Gasteiger partial charge is 0.378 e. The van der Waals surface area contributed by atoms with Gasteiger partial charge in [-0.25, -0.2) is 0 Å². The van der Waals surface area contributed by atoms with Crippen LogP contribution in [0.25, 0.3) is 0 Å². The number of likely N-dealkylation sites (tertiary alicyclic amines) is 1. The Hall–Kier alpha value is -0.570. The van der Waals surface area contributed by atoms with E-state index >= 15 is 0 Å². The average Bonchev–Trinajstić information content (AvgIpc) is 2.33.